The molecule has 0 bridgehead atoms. The lowest BCUT2D eigenvalue weighted by Gasteiger charge is -2.29. The summed E-state index contributed by atoms with van der Waals surface area (Å²) in [6.45, 7) is 9.57. The van der Waals surface area contributed by atoms with Gasteiger partial charge in [0, 0.05) is 65.3 Å². The van der Waals surface area contributed by atoms with Gasteiger partial charge in [-0.3, -0.25) is 4.90 Å². The van der Waals surface area contributed by atoms with Gasteiger partial charge in [0.05, 0.1) is 6.54 Å². The normalized spacial score (nSPS) is 18.3. The molecule has 0 spiro atoms. The molecule has 3 heteroatoms. The number of para-hydroxylation sites is 3. The van der Waals surface area contributed by atoms with Gasteiger partial charge in [0.25, 0.3) is 0 Å². The van der Waals surface area contributed by atoms with Crippen LogP contribution in [0.15, 0.2) is 126 Å². The molecule has 1 unspecified atom stereocenters. The van der Waals surface area contributed by atoms with Gasteiger partial charge in [-0.25, -0.2) is 0 Å². The summed E-state index contributed by atoms with van der Waals surface area (Å²) in [7, 11) is 0. The average Bonchev–Trinajstić information content (AvgIpc) is 3.03. The molecule has 1 aromatic heterocycles. The van der Waals surface area contributed by atoms with Crippen molar-refractivity contribution in [2.24, 2.45) is 0 Å². The van der Waals surface area contributed by atoms with Gasteiger partial charge in [-0.15, -0.1) is 0 Å². The Kier molecular flexibility index (Phi) is 7.80. The third-order valence-corrected chi connectivity index (χ3v) is 8.23. The molecule has 3 nitrogen and oxygen atoms in total. The number of fused-ring (bicyclic) bond motifs is 3. The first-order valence-corrected chi connectivity index (χ1v) is 14.9. The zero-order chi connectivity index (χ0) is 28.2. The number of hydrogen-bond acceptors (Lipinski definition) is 1. The molecule has 204 valence electrons. The van der Waals surface area contributed by atoms with Crippen molar-refractivity contribution in [1.29, 1.82) is 0 Å². The highest BCUT2D eigenvalue weighted by Gasteiger charge is 2.22. The Balaban J connectivity index is 1.44. The Morgan fingerprint density at radius 1 is 0.780 bits per heavy atom. The monoisotopic (exact) mass is 537 g/mol. The fourth-order valence-electron chi connectivity index (χ4n) is 6.22. The third-order valence-electron chi connectivity index (χ3n) is 8.23. The van der Waals surface area contributed by atoms with Crippen LogP contribution in [0.2, 0.25) is 0 Å². The summed E-state index contributed by atoms with van der Waals surface area (Å²) >= 11 is 0. The van der Waals surface area contributed by atoms with Crippen LogP contribution in [0.4, 0.5) is 11.4 Å². The number of likely N-dealkylation sites (N-methyl/N-ethyl adjacent to an activating group) is 2. The molecular formula is C38H39N3+2. The summed E-state index contributed by atoms with van der Waals surface area (Å²) in [5.74, 6) is 0. The van der Waals surface area contributed by atoms with Gasteiger partial charge in [0.2, 0.25) is 11.2 Å². The van der Waals surface area contributed by atoms with Crippen LogP contribution in [0, 0.1) is 0 Å². The average molecular weight is 538 g/mol. The molecule has 3 heterocycles. The van der Waals surface area contributed by atoms with Crippen LogP contribution in [0.3, 0.4) is 0 Å². The fraction of sp³-hybridized carbons (Fsp3) is 0.184. The van der Waals surface area contributed by atoms with E-state index in [2.05, 4.69) is 158 Å². The SMILES string of the molecule is CCN1C(=CCC(=Cc2ccc3ccccc3[n+]2CC)C=C2C=Cc3ccccc3[NH+]2CC)C=Cc2ccccc21. The van der Waals surface area contributed by atoms with Gasteiger partial charge in [0.15, 0.2) is 0 Å². The van der Waals surface area contributed by atoms with Crippen molar-refractivity contribution in [3.63, 3.8) is 0 Å². The number of aromatic nitrogens is 1. The minimum Gasteiger partial charge on any atom is -0.342 e. The summed E-state index contributed by atoms with van der Waals surface area (Å²) in [4.78, 5) is 3.83. The van der Waals surface area contributed by atoms with E-state index in [0.29, 0.717) is 0 Å². The van der Waals surface area contributed by atoms with E-state index in [-0.39, 0.29) is 0 Å². The van der Waals surface area contributed by atoms with Gasteiger partial charge in [-0.2, -0.15) is 4.57 Å². The molecule has 4 aromatic rings. The Hall–Kier alpha value is -4.47. The molecule has 2 aliphatic heterocycles. The van der Waals surface area contributed by atoms with E-state index >= 15 is 0 Å². The van der Waals surface area contributed by atoms with Crippen molar-refractivity contribution in [2.45, 2.75) is 33.7 Å². The maximum atomic E-state index is 2.42. The number of anilines is 1. The Morgan fingerprint density at radius 2 is 1.54 bits per heavy atom. The van der Waals surface area contributed by atoms with Crippen LogP contribution < -0.4 is 14.4 Å². The molecule has 6 rings (SSSR count). The predicted molar refractivity (Wildman–Crippen MR) is 174 cm³/mol. The topological polar surface area (TPSA) is 11.6 Å². The second-order valence-electron chi connectivity index (χ2n) is 10.6. The predicted octanol–water partition coefficient (Wildman–Crippen LogP) is 7.51. The number of pyridine rings is 1. The highest BCUT2D eigenvalue weighted by molar-refractivity contribution is 5.77. The summed E-state index contributed by atoms with van der Waals surface area (Å²) in [5, 5.41) is 1.27. The molecule has 3 aromatic carbocycles. The van der Waals surface area contributed by atoms with Gasteiger partial charge in [-0.1, -0.05) is 54.6 Å². The molecule has 0 amide bonds. The van der Waals surface area contributed by atoms with Crippen LogP contribution in [-0.4, -0.2) is 13.1 Å². The molecule has 0 aliphatic carbocycles. The third kappa shape index (κ3) is 5.33. The number of hydrogen-bond donors (Lipinski definition) is 1. The lowest BCUT2D eigenvalue weighted by molar-refractivity contribution is -0.785. The summed E-state index contributed by atoms with van der Waals surface area (Å²) in [6, 6.07) is 30.6. The maximum Gasteiger partial charge on any atom is 0.212 e. The highest BCUT2D eigenvalue weighted by atomic mass is 15.1. The molecule has 0 fully saturated rings. The molecule has 0 saturated carbocycles. The minimum absolute atomic E-state index is 0.838. The van der Waals surface area contributed by atoms with E-state index in [1.807, 2.05) is 0 Å². The van der Waals surface area contributed by atoms with Crippen LogP contribution in [0.25, 0.3) is 29.1 Å². The lowest BCUT2D eigenvalue weighted by Crippen LogP contribution is -3.05. The molecule has 41 heavy (non-hydrogen) atoms. The summed E-state index contributed by atoms with van der Waals surface area (Å²) in [5.41, 5.74) is 11.5. The van der Waals surface area contributed by atoms with E-state index in [1.54, 1.807) is 0 Å². The van der Waals surface area contributed by atoms with E-state index in [0.717, 1.165) is 26.1 Å². The molecule has 1 N–H and O–H groups in total. The molecular weight excluding hydrogens is 498 g/mol. The Labute approximate surface area is 244 Å². The first kappa shape index (κ1) is 26.7. The van der Waals surface area contributed by atoms with Crippen molar-refractivity contribution in [3.05, 3.63) is 143 Å². The standard InChI is InChI=1S/C38H38N3/c1-4-39-33(24-20-30-13-7-10-16-36(30)39)23-19-29(27-34-25-21-31-14-8-11-17-37(31)40(34)5-2)28-35-26-22-32-15-9-12-18-38(32)41(35)6-3/h7-18,20-28H,4-6,19H2,1-3H3/q+1/p+1. The molecule has 0 saturated heterocycles. The number of quaternary nitrogens is 1. The summed E-state index contributed by atoms with van der Waals surface area (Å²) in [6.07, 6.45) is 17.1. The smallest absolute Gasteiger partial charge is 0.212 e. The number of nitrogens with zero attached hydrogens (tertiary/aromatic N) is 2. The number of rotatable bonds is 7. The highest BCUT2D eigenvalue weighted by Crippen LogP contribution is 2.31. The van der Waals surface area contributed by atoms with Crippen molar-refractivity contribution in [3.8, 4) is 0 Å². The fourth-order valence-corrected chi connectivity index (χ4v) is 6.22. The van der Waals surface area contributed by atoms with Crippen molar-refractivity contribution < 1.29 is 9.47 Å². The zero-order valence-electron chi connectivity index (χ0n) is 24.3. The first-order chi connectivity index (χ1) is 20.2. The second kappa shape index (κ2) is 12.0. The van der Waals surface area contributed by atoms with Gasteiger partial charge >= 0.3 is 0 Å². The number of allylic oxidation sites excluding steroid dienone is 5. The summed E-state index contributed by atoms with van der Waals surface area (Å²) < 4.78 is 2.42. The lowest BCUT2D eigenvalue weighted by atomic mass is 10.0. The molecule has 1 atom stereocenters. The van der Waals surface area contributed by atoms with Gasteiger partial charge in [0.1, 0.15) is 17.9 Å². The van der Waals surface area contributed by atoms with Crippen molar-refractivity contribution >= 4 is 40.5 Å². The number of benzene rings is 3. The van der Waals surface area contributed by atoms with Crippen LogP contribution in [0.1, 0.15) is 44.0 Å². The van der Waals surface area contributed by atoms with E-state index in [9.17, 15) is 0 Å². The second-order valence-corrected chi connectivity index (χ2v) is 10.6. The maximum absolute atomic E-state index is 2.42. The van der Waals surface area contributed by atoms with Gasteiger partial charge < -0.3 is 4.90 Å². The van der Waals surface area contributed by atoms with Gasteiger partial charge in [-0.05, 0) is 74.7 Å². The largest absolute Gasteiger partial charge is 0.342 e. The van der Waals surface area contributed by atoms with E-state index in [1.165, 1.54) is 61.0 Å². The van der Waals surface area contributed by atoms with Crippen molar-refractivity contribution in [1.82, 2.24) is 0 Å². The Bertz CT molecular complexity index is 1730. The van der Waals surface area contributed by atoms with E-state index < -0.39 is 0 Å². The van der Waals surface area contributed by atoms with Crippen LogP contribution in [-0.2, 0) is 6.54 Å². The van der Waals surface area contributed by atoms with Crippen LogP contribution in [0.5, 0.6) is 0 Å². The zero-order valence-corrected chi connectivity index (χ0v) is 24.3. The minimum atomic E-state index is 0.838. The molecule has 2 aliphatic rings. The van der Waals surface area contributed by atoms with Crippen molar-refractivity contribution in [2.75, 3.05) is 18.0 Å². The van der Waals surface area contributed by atoms with E-state index in [4.69, 9.17) is 0 Å². The molecule has 0 radical (unpaired) electrons. The first-order valence-electron chi connectivity index (χ1n) is 14.9. The Morgan fingerprint density at radius 3 is 2.37 bits per heavy atom. The van der Waals surface area contributed by atoms with Crippen LogP contribution >= 0.6 is 0 Å². The number of nitrogens with one attached hydrogen (secondary N) is 1. The number of aryl methyl sites for hydroxylation is 1. The quantitative estimate of drug-likeness (QED) is 0.241.